The summed E-state index contributed by atoms with van der Waals surface area (Å²) in [6.45, 7) is 0. The van der Waals surface area contributed by atoms with Crippen molar-refractivity contribution in [3.63, 3.8) is 0 Å². The van der Waals surface area contributed by atoms with Crippen molar-refractivity contribution < 1.29 is 14.5 Å². The molecule has 0 radical (unpaired) electrons. The van der Waals surface area contributed by atoms with Crippen LogP contribution in [0.25, 0.3) is 0 Å². The van der Waals surface area contributed by atoms with Crippen molar-refractivity contribution in [3.8, 4) is 5.75 Å². The lowest BCUT2D eigenvalue weighted by Crippen LogP contribution is -1.99. The van der Waals surface area contributed by atoms with Crippen LogP contribution in [0.3, 0.4) is 0 Å². The summed E-state index contributed by atoms with van der Waals surface area (Å²) in [7, 11) is 1.29. The van der Waals surface area contributed by atoms with Gasteiger partial charge in [-0.1, -0.05) is 0 Å². The van der Waals surface area contributed by atoms with Crippen LogP contribution in [0.15, 0.2) is 12.1 Å². The molecule has 0 aliphatic heterocycles. The summed E-state index contributed by atoms with van der Waals surface area (Å²) in [4.78, 5) is 20.4. The molecule has 0 bridgehead atoms. The van der Waals surface area contributed by atoms with Gasteiger partial charge in [-0.3, -0.25) is 14.9 Å². The molecule has 0 aliphatic carbocycles. The molecule has 2 N–H and O–H groups in total. The van der Waals surface area contributed by atoms with E-state index in [0.717, 1.165) is 6.07 Å². The predicted molar refractivity (Wildman–Crippen MR) is 49.4 cm³/mol. The fourth-order valence-electron chi connectivity index (χ4n) is 1.01. The maximum absolute atomic E-state index is 10.5. The second kappa shape index (κ2) is 3.73. The molecule has 1 rings (SSSR count). The Balaban J connectivity index is 3.39. The quantitative estimate of drug-likeness (QED) is 0.336. The molecule has 0 unspecified atom stereocenters. The number of carbonyl (C=O) groups excluding carboxylic acids is 1. The van der Waals surface area contributed by atoms with E-state index in [1.165, 1.54) is 13.2 Å². The van der Waals surface area contributed by atoms with E-state index in [9.17, 15) is 14.9 Å². The average molecular weight is 196 g/mol. The van der Waals surface area contributed by atoms with Crippen LogP contribution in [0, 0.1) is 10.1 Å². The Kier molecular flexibility index (Phi) is 2.66. The first-order chi connectivity index (χ1) is 6.60. The number of benzene rings is 1. The molecule has 0 amide bonds. The molecule has 0 fully saturated rings. The number of nitrogens with zero attached hydrogens (tertiary/aromatic N) is 1. The van der Waals surface area contributed by atoms with Crippen molar-refractivity contribution in [2.45, 2.75) is 0 Å². The predicted octanol–water partition coefficient (Wildman–Crippen LogP) is 0.998. The first-order valence-corrected chi connectivity index (χ1v) is 3.67. The number of hydrogen-bond donors (Lipinski definition) is 1. The van der Waals surface area contributed by atoms with Gasteiger partial charge in [0.1, 0.15) is 0 Å². The van der Waals surface area contributed by atoms with E-state index in [2.05, 4.69) is 0 Å². The molecular weight excluding hydrogens is 188 g/mol. The molecule has 0 aliphatic rings. The first kappa shape index (κ1) is 9.97. The molecule has 6 heteroatoms. The third kappa shape index (κ3) is 1.63. The lowest BCUT2D eigenvalue weighted by Gasteiger charge is -2.04. The number of rotatable bonds is 3. The molecule has 0 saturated carbocycles. The van der Waals surface area contributed by atoms with E-state index in [-0.39, 0.29) is 22.7 Å². The Bertz CT molecular complexity index is 389. The van der Waals surface area contributed by atoms with Gasteiger partial charge in [-0.25, -0.2) is 0 Å². The summed E-state index contributed by atoms with van der Waals surface area (Å²) >= 11 is 0. The molecular formula is C8H8N2O4. The third-order valence-corrected chi connectivity index (χ3v) is 1.71. The van der Waals surface area contributed by atoms with Gasteiger partial charge in [-0.15, -0.1) is 0 Å². The number of carbonyl (C=O) groups is 1. The van der Waals surface area contributed by atoms with Crippen LogP contribution >= 0.6 is 0 Å². The topological polar surface area (TPSA) is 95.5 Å². The zero-order chi connectivity index (χ0) is 10.7. The Morgan fingerprint density at radius 2 is 2.21 bits per heavy atom. The van der Waals surface area contributed by atoms with E-state index < -0.39 is 4.92 Å². The minimum atomic E-state index is -0.634. The SMILES string of the molecule is COc1cc(N)c(C=O)cc1[N+](=O)[O-]. The van der Waals surface area contributed by atoms with E-state index in [1.807, 2.05) is 0 Å². The van der Waals surface area contributed by atoms with E-state index in [1.54, 1.807) is 0 Å². The number of methoxy groups -OCH3 is 1. The number of hydrogen-bond acceptors (Lipinski definition) is 5. The molecule has 1 aromatic rings. The molecule has 0 saturated heterocycles. The molecule has 14 heavy (non-hydrogen) atoms. The van der Waals surface area contributed by atoms with E-state index >= 15 is 0 Å². The van der Waals surface area contributed by atoms with Gasteiger partial charge < -0.3 is 10.5 Å². The number of nitro groups is 1. The zero-order valence-corrected chi connectivity index (χ0v) is 7.39. The second-order valence-electron chi connectivity index (χ2n) is 2.53. The number of aldehydes is 1. The largest absolute Gasteiger partial charge is 0.490 e. The van der Waals surface area contributed by atoms with Crippen molar-refractivity contribution in [1.29, 1.82) is 0 Å². The van der Waals surface area contributed by atoms with Crippen molar-refractivity contribution in [2.24, 2.45) is 0 Å². The fourth-order valence-corrected chi connectivity index (χ4v) is 1.01. The summed E-state index contributed by atoms with van der Waals surface area (Å²) in [5.41, 5.74) is 5.40. The zero-order valence-electron chi connectivity index (χ0n) is 7.39. The van der Waals surface area contributed by atoms with Gasteiger partial charge in [0, 0.05) is 23.4 Å². The van der Waals surface area contributed by atoms with Gasteiger partial charge in [-0.05, 0) is 0 Å². The molecule has 0 spiro atoms. The molecule has 74 valence electrons. The number of anilines is 1. The van der Waals surface area contributed by atoms with Gasteiger partial charge in [0.25, 0.3) is 0 Å². The minimum Gasteiger partial charge on any atom is -0.490 e. The van der Waals surface area contributed by atoms with Crippen LogP contribution in [0.1, 0.15) is 10.4 Å². The van der Waals surface area contributed by atoms with Crippen LogP contribution in [0.4, 0.5) is 11.4 Å². The highest BCUT2D eigenvalue weighted by atomic mass is 16.6. The van der Waals surface area contributed by atoms with E-state index in [0.29, 0.717) is 6.29 Å². The highest BCUT2D eigenvalue weighted by molar-refractivity contribution is 5.85. The number of nitrogens with two attached hydrogens (primary N) is 1. The maximum Gasteiger partial charge on any atom is 0.311 e. The molecule has 0 atom stereocenters. The van der Waals surface area contributed by atoms with Crippen LogP contribution in [0.5, 0.6) is 5.75 Å². The summed E-state index contributed by atoms with van der Waals surface area (Å²) in [5.74, 6) is 0.0399. The molecule has 0 heterocycles. The minimum absolute atomic E-state index is 0.0399. The Morgan fingerprint density at radius 3 is 2.64 bits per heavy atom. The summed E-state index contributed by atoms with van der Waals surface area (Å²) < 4.78 is 4.75. The maximum atomic E-state index is 10.5. The fraction of sp³-hybridized carbons (Fsp3) is 0.125. The van der Waals surface area contributed by atoms with Gasteiger partial charge in [0.05, 0.1) is 12.0 Å². The second-order valence-corrected chi connectivity index (χ2v) is 2.53. The first-order valence-electron chi connectivity index (χ1n) is 3.67. The highest BCUT2D eigenvalue weighted by Gasteiger charge is 2.17. The highest BCUT2D eigenvalue weighted by Crippen LogP contribution is 2.30. The Labute approximate surface area is 79.4 Å². The van der Waals surface area contributed by atoms with Crippen LogP contribution in [0.2, 0.25) is 0 Å². The van der Waals surface area contributed by atoms with Crippen LogP contribution in [-0.4, -0.2) is 18.3 Å². The number of nitrogen functional groups attached to an aromatic ring is 1. The number of nitro benzene ring substituents is 1. The molecule has 6 nitrogen and oxygen atoms in total. The van der Waals surface area contributed by atoms with Crippen LogP contribution in [-0.2, 0) is 0 Å². The molecule has 1 aromatic carbocycles. The standard InChI is InChI=1S/C8H8N2O4/c1-14-8-3-6(9)5(4-11)2-7(8)10(12)13/h2-4H,9H2,1H3. The van der Waals surface area contributed by atoms with Crippen molar-refractivity contribution in [2.75, 3.05) is 12.8 Å². The van der Waals surface area contributed by atoms with E-state index in [4.69, 9.17) is 10.5 Å². The average Bonchev–Trinajstić information content (AvgIpc) is 2.16. The summed E-state index contributed by atoms with van der Waals surface area (Å²) in [5, 5.41) is 10.5. The lowest BCUT2D eigenvalue weighted by molar-refractivity contribution is -0.385. The van der Waals surface area contributed by atoms with Crippen molar-refractivity contribution in [3.05, 3.63) is 27.8 Å². The summed E-state index contributed by atoms with van der Waals surface area (Å²) in [6.07, 6.45) is 0.460. The Hall–Kier alpha value is -2.11. The third-order valence-electron chi connectivity index (χ3n) is 1.71. The lowest BCUT2D eigenvalue weighted by atomic mass is 10.1. The Morgan fingerprint density at radius 1 is 1.57 bits per heavy atom. The van der Waals surface area contributed by atoms with Crippen molar-refractivity contribution in [1.82, 2.24) is 0 Å². The number of ether oxygens (including phenoxy) is 1. The summed E-state index contributed by atoms with van der Waals surface area (Å²) in [6, 6.07) is 2.34. The van der Waals surface area contributed by atoms with Gasteiger partial charge in [0.15, 0.2) is 12.0 Å². The van der Waals surface area contributed by atoms with Crippen molar-refractivity contribution >= 4 is 17.7 Å². The van der Waals surface area contributed by atoms with Gasteiger partial charge in [-0.2, -0.15) is 0 Å². The smallest absolute Gasteiger partial charge is 0.311 e. The normalized spacial score (nSPS) is 9.50. The molecule has 0 aromatic heterocycles. The van der Waals surface area contributed by atoms with Gasteiger partial charge in [0.2, 0.25) is 0 Å². The van der Waals surface area contributed by atoms with Crippen LogP contribution < -0.4 is 10.5 Å². The van der Waals surface area contributed by atoms with Gasteiger partial charge >= 0.3 is 5.69 Å². The monoisotopic (exact) mass is 196 g/mol.